The van der Waals surface area contributed by atoms with E-state index in [1.165, 1.54) is 6.92 Å². The van der Waals surface area contributed by atoms with Crippen LogP contribution in [0.5, 0.6) is 0 Å². The lowest BCUT2D eigenvalue weighted by Crippen LogP contribution is -2.58. The first-order valence-electron chi connectivity index (χ1n) is 8.91. The second kappa shape index (κ2) is 7.30. The predicted molar refractivity (Wildman–Crippen MR) is 98.3 cm³/mol. The Balaban J connectivity index is 2.06. The fourth-order valence-corrected chi connectivity index (χ4v) is 3.67. The van der Waals surface area contributed by atoms with Crippen LogP contribution in [0.1, 0.15) is 66.7 Å². The molecule has 2 atom stereocenters. The highest BCUT2D eigenvalue weighted by Gasteiger charge is 2.33. The molecule has 25 heavy (non-hydrogen) atoms. The van der Waals surface area contributed by atoms with E-state index in [1.807, 2.05) is 13.8 Å². The summed E-state index contributed by atoms with van der Waals surface area (Å²) < 4.78 is 5.79. The van der Waals surface area contributed by atoms with Crippen LogP contribution in [0, 0.1) is 13.8 Å². The number of aromatic nitrogens is 1. The average Bonchev–Trinajstić information content (AvgIpc) is 2.79. The standard InChI is InChI=1S/C19H31N3O3/c1-11-8-22(9-12(2)25-11)19(6,7)10-20-18(24)17-13(3)16(15(5)23)14(4)21-17/h11-12,21H,8-10H2,1-7H3,(H,20,24)/t11-,12-/m1/s1. The molecule has 2 heterocycles. The third-order valence-corrected chi connectivity index (χ3v) is 4.97. The molecule has 0 radical (unpaired) electrons. The van der Waals surface area contributed by atoms with Gasteiger partial charge in [0.25, 0.3) is 5.91 Å². The number of morpholine rings is 1. The van der Waals surface area contributed by atoms with E-state index in [0.717, 1.165) is 18.8 Å². The molecule has 1 aromatic heterocycles. The number of hydrogen-bond acceptors (Lipinski definition) is 4. The van der Waals surface area contributed by atoms with Crippen LogP contribution in [0.25, 0.3) is 0 Å². The zero-order valence-electron chi connectivity index (χ0n) is 16.4. The summed E-state index contributed by atoms with van der Waals surface area (Å²) in [6, 6.07) is 0. The van der Waals surface area contributed by atoms with Crippen molar-refractivity contribution in [1.82, 2.24) is 15.2 Å². The summed E-state index contributed by atoms with van der Waals surface area (Å²) in [5.74, 6) is -0.197. The van der Waals surface area contributed by atoms with Crippen LogP contribution < -0.4 is 5.32 Å². The number of amides is 1. The van der Waals surface area contributed by atoms with Crippen LogP contribution in [-0.4, -0.2) is 59.0 Å². The van der Waals surface area contributed by atoms with Crippen LogP contribution in [-0.2, 0) is 4.74 Å². The molecule has 0 saturated carbocycles. The van der Waals surface area contributed by atoms with Crippen molar-refractivity contribution in [3.63, 3.8) is 0 Å². The molecule has 0 aromatic carbocycles. The Morgan fingerprint density at radius 3 is 2.28 bits per heavy atom. The molecule has 1 amide bonds. The minimum absolute atomic E-state index is 0.0260. The number of ether oxygens (including phenoxy) is 1. The highest BCUT2D eigenvalue weighted by Crippen LogP contribution is 2.22. The number of carbonyl (C=O) groups is 2. The number of rotatable bonds is 5. The molecule has 1 saturated heterocycles. The SMILES string of the molecule is CC(=O)c1c(C)[nH]c(C(=O)NCC(C)(C)N2C[C@@H](C)O[C@H](C)C2)c1C. The summed E-state index contributed by atoms with van der Waals surface area (Å²) >= 11 is 0. The van der Waals surface area contributed by atoms with Gasteiger partial charge in [-0.25, -0.2) is 0 Å². The summed E-state index contributed by atoms with van der Waals surface area (Å²) in [6.07, 6.45) is 0.371. The molecule has 0 spiro atoms. The van der Waals surface area contributed by atoms with Gasteiger partial charge in [0.05, 0.1) is 12.2 Å². The third-order valence-electron chi connectivity index (χ3n) is 4.97. The normalized spacial score (nSPS) is 22.0. The fraction of sp³-hybridized carbons (Fsp3) is 0.684. The van der Waals surface area contributed by atoms with Crippen LogP contribution >= 0.6 is 0 Å². The number of nitrogens with one attached hydrogen (secondary N) is 2. The number of hydrogen-bond donors (Lipinski definition) is 2. The second-order valence-electron chi connectivity index (χ2n) is 7.84. The highest BCUT2D eigenvalue weighted by atomic mass is 16.5. The number of nitrogens with zero attached hydrogens (tertiary/aromatic N) is 1. The summed E-state index contributed by atoms with van der Waals surface area (Å²) in [5, 5.41) is 3.02. The Bertz CT molecular complexity index is 653. The molecule has 1 aliphatic heterocycles. The van der Waals surface area contributed by atoms with Crippen LogP contribution in [0.3, 0.4) is 0 Å². The van der Waals surface area contributed by atoms with Gasteiger partial charge >= 0.3 is 0 Å². The summed E-state index contributed by atoms with van der Waals surface area (Å²) in [5.41, 5.74) is 2.36. The number of carbonyl (C=O) groups excluding carboxylic acids is 2. The molecule has 1 fully saturated rings. The Morgan fingerprint density at radius 2 is 1.80 bits per heavy atom. The number of aromatic amines is 1. The fourth-order valence-electron chi connectivity index (χ4n) is 3.67. The van der Waals surface area contributed by atoms with Gasteiger partial charge in [0.15, 0.2) is 5.78 Å². The van der Waals surface area contributed by atoms with E-state index in [2.05, 4.69) is 42.9 Å². The smallest absolute Gasteiger partial charge is 0.268 e. The summed E-state index contributed by atoms with van der Waals surface area (Å²) in [7, 11) is 0. The van der Waals surface area contributed by atoms with Gasteiger partial charge in [0.2, 0.25) is 0 Å². The van der Waals surface area contributed by atoms with E-state index in [0.29, 0.717) is 23.4 Å². The molecule has 6 heteroatoms. The third kappa shape index (κ3) is 4.30. The van der Waals surface area contributed by atoms with E-state index in [1.54, 1.807) is 0 Å². The van der Waals surface area contributed by atoms with Crippen molar-refractivity contribution in [3.05, 3.63) is 22.5 Å². The molecular formula is C19H31N3O3. The molecule has 2 N–H and O–H groups in total. The number of H-pyrrole nitrogens is 1. The summed E-state index contributed by atoms with van der Waals surface area (Å²) in [4.78, 5) is 29.8. The zero-order chi connectivity index (χ0) is 18.9. The number of aryl methyl sites for hydroxylation is 1. The van der Waals surface area contributed by atoms with Gasteiger partial charge in [0.1, 0.15) is 5.69 Å². The lowest BCUT2D eigenvalue weighted by Gasteiger charge is -2.45. The average molecular weight is 349 g/mol. The Kier molecular flexibility index (Phi) is 5.74. The van der Waals surface area contributed by atoms with Crippen molar-refractivity contribution in [2.45, 2.75) is 66.2 Å². The molecule has 140 valence electrons. The highest BCUT2D eigenvalue weighted by molar-refractivity contribution is 6.02. The lowest BCUT2D eigenvalue weighted by molar-refractivity contribution is -0.0948. The Hall–Kier alpha value is -1.66. The minimum Gasteiger partial charge on any atom is -0.373 e. The maximum Gasteiger partial charge on any atom is 0.268 e. The van der Waals surface area contributed by atoms with Crippen molar-refractivity contribution >= 4 is 11.7 Å². The van der Waals surface area contributed by atoms with E-state index in [9.17, 15) is 9.59 Å². The molecule has 1 aromatic rings. The molecule has 0 unspecified atom stereocenters. The molecular weight excluding hydrogens is 318 g/mol. The largest absolute Gasteiger partial charge is 0.373 e. The van der Waals surface area contributed by atoms with Gasteiger partial charge in [-0.15, -0.1) is 0 Å². The first-order chi connectivity index (χ1) is 11.5. The maximum absolute atomic E-state index is 12.6. The van der Waals surface area contributed by atoms with Crippen molar-refractivity contribution in [3.8, 4) is 0 Å². The van der Waals surface area contributed by atoms with E-state index < -0.39 is 0 Å². The zero-order valence-corrected chi connectivity index (χ0v) is 16.4. The molecule has 6 nitrogen and oxygen atoms in total. The van der Waals surface area contributed by atoms with Gasteiger partial charge in [-0.2, -0.15) is 0 Å². The first-order valence-corrected chi connectivity index (χ1v) is 8.91. The van der Waals surface area contributed by atoms with E-state index in [-0.39, 0.29) is 29.4 Å². The van der Waals surface area contributed by atoms with Crippen molar-refractivity contribution in [1.29, 1.82) is 0 Å². The van der Waals surface area contributed by atoms with E-state index >= 15 is 0 Å². The number of Topliss-reactive ketones (excluding diaryl/α,β-unsaturated/α-hetero) is 1. The van der Waals surface area contributed by atoms with Gasteiger partial charge in [0, 0.05) is 36.4 Å². The molecule has 1 aliphatic rings. The second-order valence-corrected chi connectivity index (χ2v) is 7.84. The molecule has 0 aliphatic carbocycles. The molecule has 0 bridgehead atoms. The van der Waals surface area contributed by atoms with E-state index in [4.69, 9.17) is 4.74 Å². The van der Waals surface area contributed by atoms with Crippen LogP contribution in [0.2, 0.25) is 0 Å². The number of ketones is 1. The topological polar surface area (TPSA) is 74.4 Å². The van der Waals surface area contributed by atoms with Crippen LogP contribution in [0.4, 0.5) is 0 Å². The monoisotopic (exact) mass is 349 g/mol. The van der Waals surface area contributed by atoms with Gasteiger partial charge < -0.3 is 15.0 Å². The van der Waals surface area contributed by atoms with Gasteiger partial charge in [-0.1, -0.05) is 0 Å². The Labute approximate surface area is 150 Å². The lowest BCUT2D eigenvalue weighted by atomic mass is 10.00. The predicted octanol–water partition coefficient (Wildman–Crippen LogP) is 2.45. The van der Waals surface area contributed by atoms with Crippen LogP contribution in [0.15, 0.2) is 0 Å². The quantitative estimate of drug-likeness (QED) is 0.801. The Morgan fingerprint density at radius 1 is 1.24 bits per heavy atom. The van der Waals surface area contributed by atoms with Gasteiger partial charge in [-0.05, 0) is 54.0 Å². The van der Waals surface area contributed by atoms with Gasteiger partial charge in [-0.3, -0.25) is 14.5 Å². The van der Waals surface area contributed by atoms with Crippen molar-refractivity contribution in [2.75, 3.05) is 19.6 Å². The maximum atomic E-state index is 12.6. The first kappa shape index (κ1) is 19.7. The van der Waals surface area contributed by atoms with Crippen molar-refractivity contribution in [2.24, 2.45) is 0 Å². The minimum atomic E-state index is -0.180. The van der Waals surface area contributed by atoms with Crippen molar-refractivity contribution < 1.29 is 14.3 Å². The molecule has 2 rings (SSSR count). The summed E-state index contributed by atoms with van der Waals surface area (Å²) in [6.45, 7) is 15.8.